The van der Waals surface area contributed by atoms with Crippen LogP contribution >= 0.6 is 0 Å². The summed E-state index contributed by atoms with van der Waals surface area (Å²) in [5, 5.41) is 3.15. The minimum absolute atomic E-state index is 0.159. The van der Waals surface area contributed by atoms with Crippen molar-refractivity contribution in [3.63, 3.8) is 0 Å². The molecule has 6 heteroatoms. The summed E-state index contributed by atoms with van der Waals surface area (Å²) in [6, 6.07) is 20.2. The molecule has 31 heavy (non-hydrogen) atoms. The maximum absolute atomic E-state index is 13.3. The Morgan fingerprint density at radius 1 is 0.935 bits per heavy atom. The van der Waals surface area contributed by atoms with Gasteiger partial charge >= 0.3 is 0 Å². The molecule has 2 aromatic carbocycles. The SMILES string of the molecule is CCCOc1ccc(C2=C(Nc3ccccc3)C(=O)N(Cc3cccnc3)C2=O)cc1. The number of aromatic nitrogens is 1. The van der Waals surface area contributed by atoms with E-state index in [-0.39, 0.29) is 24.1 Å². The first kappa shape index (κ1) is 20.3. The first-order valence-corrected chi connectivity index (χ1v) is 10.2. The second-order valence-electron chi connectivity index (χ2n) is 7.17. The highest BCUT2D eigenvalue weighted by atomic mass is 16.5. The summed E-state index contributed by atoms with van der Waals surface area (Å²) < 4.78 is 5.64. The van der Waals surface area contributed by atoms with Gasteiger partial charge in [0.25, 0.3) is 11.8 Å². The molecule has 1 N–H and O–H groups in total. The van der Waals surface area contributed by atoms with E-state index in [1.807, 2.05) is 67.6 Å². The summed E-state index contributed by atoms with van der Waals surface area (Å²) >= 11 is 0. The van der Waals surface area contributed by atoms with Crippen molar-refractivity contribution in [2.45, 2.75) is 19.9 Å². The fourth-order valence-corrected chi connectivity index (χ4v) is 3.38. The summed E-state index contributed by atoms with van der Waals surface area (Å²) in [6.45, 7) is 2.83. The molecule has 0 unspecified atom stereocenters. The van der Waals surface area contributed by atoms with Crippen molar-refractivity contribution in [3.05, 3.63) is 95.9 Å². The zero-order chi connectivity index (χ0) is 21.6. The van der Waals surface area contributed by atoms with Crippen LogP contribution in [0.4, 0.5) is 5.69 Å². The molecule has 0 bridgehead atoms. The molecule has 3 aromatic rings. The van der Waals surface area contributed by atoms with E-state index in [9.17, 15) is 9.59 Å². The van der Waals surface area contributed by atoms with Crippen molar-refractivity contribution >= 4 is 23.1 Å². The number of hydrogen-bond acceptors (Lipinski definition) is 5. The molecule has 0 aliphatic carbocycles. The minimum Gasteiger partial charge on any atom is -0.494 e. The van der Waals surface area contributed by atoms with Gasteiger partial charge in [-0.2, -0.15) is 0 Å². The zero-order valence-electron chi connectivity index (χ0n) is 17.2. The van der Waals surface area contributed by atoms with Crippen LogP contribution in [0.2, 0.25) is 0 Å². The van der Waals surface area contributed by atoms with Crippen molar-refractivity contribution in [1.82, 2.24) is 9.88 Å². The average Bonchev–Trinajstić information content (AvgIpc) is 3.04. The molecule has 156 valence electrons. The van der Waals surface area contributed by atoms with Crippen LogP contribution in [0, 0.1) is 0 Å². The predicted molar refractivity (Wildman–Crippen MR) is 119 cm³/mol. The fourth-order valence-electron chi connectivity index (χ4n) is 3.38. The van der Waals surface area contributed by atoms with Crippen LogP contribution in [0.5, 0.6) is 5.75 Å². The normalized spacial score (nSPS) is 13.6. The molecule has 1 aromatic heterocycles. The van der Waals surface area contributed by atoms with Gasteiger partial charge in [0.15, 0.2) is 0 Å². The molecule has 0 atom stereocenters. The van der Waals surface area contributed by atoms with Crippen molar-refractivity contribution in [2.24, 2.45) is 0 Å². The summed E-state index contributed by atoms with van der Waals surface area (Å²) in [5.74, 6) is 0.0290. The van der Waals surface area contributed by atoms with Gasteiger partial charge < -0.3 is 10.1 Å². The summed E-state index contributed by atoms with van der Waals surface area (Å²) in [4.78, 5) is 31.9. The van der Waals surface area contributed by atoms with Gasteiger partial charge in [-0.15, -0.1) is 0 Å². The van der Waals surface area contributed by atoms with Crippen LogP contribution in [0.15, 0.2) is 84.8 Å². The van der Waals surface area contributed by atoms with Gasteiger partial charge in [0, 0.05) is 18.1 Å². The van der Waals surface area contributed by atoms with Crippen LogP contribution in [-0.4, -0.2) is 28.3 Å². The molecule has 2 heterocycles. The van der Waals surface area contributed by atoms with E-state index in [0.717, 1.165) is 23.4 Å². The third kappa shape index (κ3) is 4.48. The van der Waals surface area contributed by atoms with E-state index < -0.39 is 0 Å². The lowest BCUT2D eigenvalue weighted by Gasteiger charge is -2.15. The number of amides is 2. The lowest BCUT2D eigenvalue weighted by molar-refractivity contribution is -0.137. The number of nitrogens with zero attached hydrogens (tertiary/aromatic N) is 2. The Hall–Kier alpha value is -3.93. The van der Waals surface area contributed by atoms with Crippen molar-refractivity contribution in [3.8, 4) is 5.75 Å². The fraction of sp³-hybridized carbons (Fsp3) is 0.160. The number of pyridine rings is 1. The number of para-hydroxylation sites is 1. The predicted octanol–water partition coefficient (Wildman–Crippen LogP) is 4.26. The monoisotopic (exact) mass is 413 g/mol. The molecule has 0 saturated carbocycles. The number of imide groups is 1. The summed E-state index contributed by atoms with van der Waals surface area (Å²) in [5.41, 5.74) is 2.80. The number of hydrogen-bond donors (Lipinski definition) is 1. The van der Waals surface area contributed by atoms with E-state index in [1.54, 1.807) is 18.5 Å². The Bertz CT molecular complexity index is 1090. The lowest BCUT2D eigenvalue weighted by Crippen LogP contribution is -2.32. The van der Waals surface area contributed by atoms with E-state index >= 15 is 0 Å². The van der Waals surface area contributed by atoms with Crippen LogP contribution in [0.1, 0.15) is 24.5 Å². The lowest BCUT2D eigenvalue weighted by atomic mass is 10.0. The van der Waals surface area contributed by atoms with Gasteiger partial charge in [-0.25, -0.2) is 0 Å². The van der Waals surface area contributed by atoms with Crippen molar-refractivity contribution < 1.29 is 14.3 Å². The third-order valence-electron chi connectivity index (χ3n) is 4.89. The Kier molecular flexibility index (Phi) is 6.08. The highest BCUT2D eigenvalue weighted by Gasteiger charge is 2.39. The van der Waals surface area contributed by atoms with Gasteiger partial charge in [0.05, 0.1) is 18.7 Å². The maximum Gasteiger partial charge on any atom is 0.278 e. The van der Waals surface area contributed by atoms with E-state index in [0.29, 0.717) is 17.7 Å². The Morgan fingerprint density at radius 2 is 1.71 bits per heavy atom. The highest BCUT2D eigenvalue weighted by molar-refractivity contribution is 6.36. The smallest absolute Gasteiger partial charge is 0.278 e. The second kappa shape index (κ2) is 9.26. The van der Waals surface area contributed by atoms with Crippen molar-refractivity contribution in [2.75, 3.05) is 11.9 Å². The summed E-state index contributed by atoms with van der Waals surface area (Å²) in [6.07, 6.45) is 4.22. The Labute approximate surface area is 181 Å². The minimum atomic E-state index is -0.362. The number of anilines is 1. The summed E-state index contributed by atoms with van der Waals surface area (Å²) in [7, 11) is 0. The molecule has 4 rings (SSSR count). The van der Waals surface area contributed by atoms with Crippen LogP contribution in [0.3, 0.4) is 0 Å². The Morgan fingerprint density at radius 3 is 2.39 bits per heavy atom. The quantitative estimate of drug-likeness (QED) is 0.559. The van der Waals surface area contributed by atoms with Crippen LogP contribution in [-0.2, 0) is 16.1 Å². The molecule has 1 aliphatic heterocycles. The van der Waals surface area contributed by atoms with Gasteiger partial charge in [-0.3, -0.25) is 19.5 Å². The van der Waals surface area contributed by atoms with Crippen LogP contribution in [0.25, 0.3) is 5.57 Å². The number of ether oxygens (including phenoxy) is 1. The average molecular weight is 413 g/mol. The molecule has 2 amide bonds. The number of benzene rings is 2. The number of carbonyl (C=O) groups is 2. The third-order valence-corrected chi connectivity index (χ3v) is 4.89. The molecule has 1 aliphatic rings. The van der Waals surface area contributed by atoms with Crippen LogP contribution < -0.4 is 10.1 Å². The number of rotatable bonds is 8. The second-order valence-corrected chi connectivity index (χ2v) is 7.17. The Balaban J connectivity index is 1.69. The maximum atomic E-state index is 13.3. The largest absolute Gasteiger partial charge is 0.494 e. The number of carbonyl (C=O) groups excluding carboxylic acids is 2. The molecule has 6 nitrogen and oxygen atoms in total. The van der Waals surface area contributed by atoms with Gasteiger partial charge in [-0.1, -0.05) is 43.3 Å². The first-order chi connectivity index (χ1) is 15.2. The van der Waals surface area contributed by atoms with E-state index in [1.165, 1.54) is 4.90 Å². The molecule has 0 spiro atoms. The van der Waals surface area contributed by atoms with Gasteiger partial charge in [-0.05, 0) is 47.9 Å². The zero-order valence-corrected chi connectivity index (χ0v) is 17.2. The molecule has 0 radical (unpaired) electrons. The van der Waals surface area contributed by atoms with Gasteiger partial charge in [0.2, 0.25) is 0 Å². The topological polar surface area (TPSA) is 71.5 Å². The van der Waals surface area contributed by atoms with E-state index in [4.69, 9.17) is 4.74 Å². The van der Waals surface area contributed by atoms with Gasteiger partial charge in [0.1, 0.15) is 11.4 Å². The molecule has 0 fully saturated rings. The standard InChI is InChI=1S/C25H23N3O3/c1-2-15-31-21-12-10-19(11-13-21)22-23(27-20-8-4-3-5-9-20)25(30)28(24(22)29)17-18-7-6-14-26-16-18/h3-14,16,27H,2,15,17H2,1H3. The van der Waals surface area contributed by atoms with Crippen molar-refractivity contribution in [1.29, 1.82) is 0 Å². The first-order valence-electron chi connectivity index (χ1n) is 10.2. The highest BCUT2D eigenvalue weighted by Crippen LogP contribution is 2.32. The number of nitrogens with one attached hydrogen (secondary N) is 1. The van der Waals surface area contributed by atoms with E-state index in [2.05, 4.69) is 10.3 Å². The molecule has 0 saturated heterocycles. The molecular formula is C25H23N3O3. The molecular weight excluding hydrogens is 390 g/mol.